The number of esters is 1. The van der Waals surface area contributed by atoms with Crippen LogP contribution in [0.1, 0.15) is 6.92 Å². The quantitative estimate of drug-likeness (QED) is 0.367. The Morgan fingerprint density at radius 3 is 3.10 bits per heavy atom. The first-order chi connectivity index (χ1) is 9.58. The molecule has 2 rings (SSSR count). The second-order valence-corrected chi connectivity index (χ2v) is 6.22. The van der Waals surface area contributed by atoms with E-state index in [-0.39, 0.29) is 11.5 Å². The molecule has 2 aromatic heterocycles. The van der Waals surface area contributed by atoms with Gasteiger partial charge in [0.2, 0.25) is 0 Å². The summed E-state index contributed by atoms with van der Waals surface area (Å²) in [4.78, 5) is 29.0. The number of rotatable bonds is 5. The Hall–Kier alpha value is -1.60. The van der Waals surface area contributed by atoms with Crippen LogP contribution in [0.4, 0.5) is 0 Å². The van der Waals surface area contributed by atoms with Crippen LogP contribution >= 0.6 is 23.1 Å². The molecule has 0 aromatic carbocycles. The largest absolute Gasteiger partial charge is 0.468 e. The minimum absolute atomic E-state index is 0.115. The van der Waals surface area contributed by atoms with Crippen molar-refractivity contribution < 1.29 is 9.53 Å². The standard InChI is InChI=1S/C13H14N2O3S2/c1-4-6-15-11(16)9-5-7-19-10(9)14-13(15)20-8(2)12(17)18-3/h4-5,7-8H,1,6H2,2-3H3. The van der Waals surface area contributed by atoms with E-state index in [1.54, 1.807) is 19.1 Å². The first-order valence-corrected chi connectivity index (χ1v) is 7.67. The molecule has 1 atom stereocenters. The van der Waals surface area contributed by atoms with Crippen LogP contribution < -0.4 is 5.56 Å². The summed E-state index contributed by atoms with van der Waals surface area (Å²) in [5.74, 6) is -0.347. The summed E-state index contributed by atoms with van der Waals surface area (Å²) in [6.45, 7) is 5.73. The highest BCUT2D eigenvalue weighted by atomic mass is 32.2. The molecule has 0 amide bonds. The number of fused-ring (bicyclic) bond motifs is 1. The third kappa shape index (κ3) is 2.78. The van der Waals surface area contributed by atoms with E-state index in [9.17, 15) is 9.59 Å². The summed E-state index contributed by atoms with van der Waals surface area (Å²) in [5.41, 5.74) is -0.115. The van der Waals surface area contributed by atoms with Gasteiger partial charge in [-0.05, 0) is 18.4 Å². The van der Waals surface area contributed by atoms with Crippen molar-refractivity contribution in [3.05, 3.63) is 34.5 Å². The molecule has 1 unspecified atom stereocenters. The fourth-order valence-corrected chi connectivity index (χ4v) is 3.43. The normalized spacial score (nSPS) is 12.3. The highest BCUT2D eigenvalue weighted by Crippen LogP contribution is 2.24. The van der Waals surface area contributed by atoms with Crippen molar-refractivity contribution >= 4 is 39.3 Å². The number of hydrogen-bond acceptors (Lipinski definition) is 6. The monoisotopic (exact) mass is 310 g/mol. The summed E-state index contributed by atoms with van der Waals surface area (Å²) in [6.07, 6.45) is 1.63. The number of thiophene rings is 1. The Morgan fingerprint density at radius 2 is 2.45 bits per heavy atom. The van der Waals surface area contributed by atoms with Crippen LogP contribution in [-0.2, 0) is 16.1 Å². The van der Waals surface area contributed by atoms with Gasteiger partial charge in [0.1, 0.15) is 10.1 Å². The Kier molecular flexibility index (Phi) is 4.61. The summed E-state index contributed by atoms with van der Waals surface area (Å²) in [5, 5.41) is 2.49. The van der Waals surface area contributed by atoms with Gasteiger partial charge in [0, 0.05) is 6.54 Å². The van der Waals surface area contributed by atoms with Gasteiger partial charge in [0.25, 0.3) is 5.56 Å². The zero-order valence-electron chi connectivity index (χ0n) is 11.2. The third-order valence-corrected chi connectivity index (χ3v) is 4.55. The van der Waals surface area contributed by atoms with Crippen molar-refractivity contribution in [2.45, 2.75) is 23.9 Å². The van der Waals surface area contributed by atoms with E-state index in [1.165, 1.54) is 34.8 Å². The van der Waals surface area contributed by atoms with Crippen molar-refractivity contribution in [1.29, 1.82) is 0 Å². The van der Waals surface area contributed by atoms with Crippen LogP contribution in [0.25, 0.3) is 10.2 Å². The van der Waals surface area contributed by atoms with E-state index in [1.807, 2.05) is 5.38 Å². The van der Waals surface area contributed by atoms with E-state index >= 15 is 0 Å². The number of hydrogen-bond donors (Lipinski definition) is 0. The summed E-state index contributed by atoms with van der Waals surface area (Å²) in [7, 11) is 1.34. The average molecular weight is 310 g/mol. The van der Waals surface area contributed by atoms with Crippen LogP contribution in [0.15, 0.2) is 34.1 Å². The van der Waals surface area contributed by atoms with Gasteiger partial charge < -0.3 is 4.74 Å². The van der Waals surface area contributed by atoms with Crippen LogP contribution in [0.2, 0.25) is 0 Å². The maximum absolute atomic E-state index is 12.4. The van der Waals surface area contributed by atoms with Crippen molar-refractivity contribution in [1.82, 2.24) is 9.55 Å². The molecule has 0 fully saturated rings. The number of thioether (sulfide) groups is 1. The predicted molar refractivity (Wildman–Crippen MR) is 81.4 cm³/mol. The lowest BCUT2D eigenvalue weighted by molar-refractivity contribution is -0.139. The Bertz CT molecular complexity index is 705. The smallest absolute Gasteiger partial charge is 0.318 e. The lowest BCUT2D eigenvalue weighted by atomic mass is 10.4. The molecule has 106 valence electrons. The molecule has 2 aromatic rings. The van der Waals surface area contributed by atoms with Crippen molar-refractivity contribution in [3.8, 4) is 0 Å². The molecule has 0 radical (unpaired) electrons. The number of ether oxygens (including phenoxy) is 1. The fourth-order valence-electron chi connectivity index (χ4n) is 1.68. The van der Waals surface area contributed by atoms with Crippen LogP contribution in [0.5, 0.6) is 0 Å². The van der Waals surface area contributed by atoms with Crippen LogP contribution in [-0.4, -0.2) is 27.9 Å². The third-order valence-electron chi connectivity index (χ3n) is 2.68. The number of methoxy groups -OCH3 is 1. The molecule has 0 aliphatic rings. The van der Waals surface area contributed by atoms with E-state index in [4.69, 9.17) is 4.74 Å². The Morgan fingerprint density at radius 1 is 1.70 bits per heavy atom. The first kappa shape index (κ1) is 14.8. The molecule has 7 heteroatoms. The first-order valence-electron chi connectivity index (χ1n) is 5.92. The minimum atomic E-state index is -0.430. The lowest BCUT2D eigenvalue weighted by Crippen LogP contribution is -2.24. The molecule has 5 nitrogen and oxygen atoms in total. The van der Waals surface area contributed by atoms with Gasteiger partial charge in [-0.1, -0.05) is 17.8 Å². The zero-order valence-corrected chi connectivity index (χ0v) is 12.8. The summed E-state index contributed by atoms with van der Waals surface area (Å²) < 4.78 is 6.21. The van der Waals surface area contributed by atoms with Crippen LogP contribution in [0.3, 0.4) is 0 Å². The highest BCUT2D eigenvalue weighted by Gasteiger charge is 2.19. The lowest BCUT2D eigenvalue weighted by Gasteiger charge is -2.13. The average Bonchev–Trinajstić information content (AvgIpc) is 2.90. The molecular formula is C13H14N2O3S2. The number of allylic oxidation sites excluding steroid dienone is 1. The Balaban J connectivity index is 2.50. The summed E-state index contributed by atoms with van der Waals surface area (Å²) in [6, 6.07) is 1.76. The van der Waals surface area contributed by atoms with Gasteiger partial charge >= 0.3 is 5.97 Å². The molecular weight excluding hydrogens is 296 g/mol. The van der Waals surface area contributed by atoms with Crippen molar-refractivity contribution in [2.75, 3.05) is 7.11 Å². The number of carbonyl (C=O) groups excluding carboxylic acids is 1. The highest BCUT2D eigenvalue weighted by molar-refractivity contribution is 8.00. The SMILES string of the molecule is C=CCn1c(SC(C)C(=O)OC)nc2sccc2c1=O. The molecule has 0 saturated carbocycles. The number of carbonyl (C=O) groups is 1. The molecule has 0 N–H and O–H groups in total. The van der Waals surface area contributed by atoms with E-state index in [2.05, 4.69) is 11.6 Å². The van der Waals surface area contributed by atoms with Gasteiger partial charge in [0.05, 0.1) is 12.5 Å². The molecule has 2 heterocycles. The van der Waals surface area contributed by atoms with E-state index < -0.39 is 5.25 Å². The molecule has 0 saturated heterocycles. The maximum Gasteiger partial charge on any atom is 0.318 e. The molecule has 20 heavy (non-hydrogen) atoms. The molecule has 0 bridgehead atoms. The molecule has 0 aliphatic heterocycles. The van der Waals surface area contributed by atoms with Gasteiger partial charge in [-0.25, -0.2) is 4.98 Å². The topological polar surface area (TPSA) is 61.2 Å². The van der Waals surface area contributed by atoms with Gasteiger partial charge in [-0.3, -0.25) is 14.2 Å². The second-order valence-electron chi connectivity index (χ2n) is 4.02. The van der Waals surface area contributed by atoms with E-state index in [0.717, 1.165) is 0 Å². The van der Waals surface area contributed by atoms with E-state index in [0.29, 0.717) is 21.9 Å². The Labute approximate surface area is 124 Å². The number of aromatic nitrogens is 2. The molecule has 0 aliphatic carbocycles. The van der Waals surface area contributed by atoms with Crippen molar-refractivity contribution in [3.63, 3.8) is 0 Å². The minimum Gasteiger partial charge on any atom is -0.468 e. The predicted octanol–water partition coefficient (Wildman–Crippen LogP) is 2.30. The van der Waals surface area contributed by atoms with Gasteiger partial charge in [-0.2, -0.15) is 0 Å². The van der Waals surface area contributed by atoms with Crippen LogP contribution in [0, 0.1) is 0 Å². The molecule has 0 spiro atoms. The van der Waals surface area contributed by atoms with Gasteiger partial charge in [0.15, 0.2) is 5.16 Å². The second kappa shape index (κ2) is 6.23. The fraction of sp³-hybridized carbons (Fsp3) is 0.308. The maximum atomic E-state index is 12.4. The van der Waals surface area contributed by atoms with Gasteiger partial charge in [-0.15, -0.1) is 17.9 Å². The summed E-state index contributed by atoms with van der Waals surface area (Å²) >= 11 is 2.62. The zero-order chi connectivity index (χ0) is 14.7. The number of nitrogens with zero attached hydrogens (tertiary/aromatic N) is 2. The van der Waals surface area contributed by atoms with Crippen molar-refractivity contribution in [2.24, 2.45) is 0 Å².